The van der Waals surface area contributed by atoms with Crippen LogP contribution in [0.2, 0.25) is 0 Å². The summed E-state index contributed by atoms with van der Waals surface area (Å²) in [5.41, 5.74) is 8.39. The van der Waals surface area contributed by atoms with Gasteiger partial charge in [-0.2, -0.15) is 9.97 Å². The topological polar surface area (TPSA) is 89.6 Å². The highest BCUT2D eigenvalue weighted by Gasteiger charge is 2.49. The molecule has 210 valence electrons. The Hall–Kier alpha value is -3.22. The smallest absolute Gasteiger partial charge is 0.319 e. The zero-order valence-corrected chi connectivity index (χ0v) is 23.3. The molecule has 0 amide bonds. The van der Waals surface area contributed by atoms with E-state index in [-0.39, 0.29) is 36.9 Å². The van der Waals surface area contributed by atoms with Gasteiger partial charge in [0.25, 0.3) is 0 Å². The number of aromatic nitrogens is 3. The van der Waals surface area contributed by atoms with E-state index in [4.69, 9.17) is 15.2 Å². The summed E-state index contributed by atoms with van der Waals surface area (Å²) >= 11 is 1.12. The molecule has 2 fully saturated rings. The Kier molecular flexibility index (Phi) is 5.88. The molecule has 8 nitrogen and oxygen atoms in total. The van der Waals surface area contributed by atoms with Gasteiger partial charge in [-0.15, -0.1) is 11.3 Å². The lowest BCUT2D eigenvalue weighted by Gasteiger charge is -2.31. The number of thiophene rings is 1. The van der Waals surface area contributed by atoms with E-state index in [2.05, 4.69) is 19.9 Å². The normalized spacial score (nSPS) is 22.4. The fraction of sp³-hybridized carbons (Fsp3) is 0.464. The van der Waals surface area contributed by atoms with Crippen LogP contribution >= 0.6 is 11.3 Å². The van der Waals surface area contributed by atoms with Crippen molar-refractivity contribution in [3.8, 4) is 17.3 Å². The van der Waals surface area contributed by atoms with Crippen LogP contribution < -0.4 is 15.4 Å². The van der Waals surface area contributed by atoms with Crippen molar-refractivity contribution in [1.82, 2.24) is 19.9 Å². The second kappa shape index (κ2) is 9.15. The summed E-state index contributed by atoms with van der Waals surface area (Å²) in [5.74, 6) is -0.617. The van der Waals surface area contributed by atoms with Crippen molar-refractivity contribution in [3.63, 3.8) is 0 Å². The molecule has 3 aliphatic heterocycles. The molecule has 40 heavy (non-hydrogen) atoms. The molecule has 6 heterocycles. The molecule has 4 aromatic rings. The molecule has 12 heteroatoms. The molecule has 0 spiro atoms. The molecule has 1 aromatic carbocycles. The minimum atomic E-state index is -0.893. The van der Waals surface area contributed by atoms with Crippen LogP contribution in [0.1, 0.15) is 36.0 Å². The number of nitrogen functional groups attached to an aromatic ring is 1. The van der Waals surface area contributed by atoms with Gasteiger partial charge in [0.1, 0.15) is 24.1 Å². The second-order valence-corrected chi connectivity index (χ2v) is 12.3. The van der Waals surface area contributed by atoms with Gasteiger partial charge in [-0.1, -0.05) is 0 Å². The van der Waals surface area contributed by atoms with Crippen molar-refractivity contribution >= 4 is 43.1 Å². The van der Waals surface area contributed by atoms with Crippen LogP contribution in [0.25, 0.3) is 32.2 Å². The molecule has 0 aliphatic carbocycles. The molecule has 0 unspecified atom stereocenters. The van der Waals surface area contributed by atoms with Crippen LogP contribution in [0.15, 0.2) is 6.20 Å². The first kappa shape index (κ1) is 25.7. The number of rotatable bonds is 5. The highest BCUT2D eigenvalue weighted by molar-refractivity contribution is 7.23. The van der Waals surface area contributed by atoms with Crippen molar-refractivity contribution in [2.24, 2.45) is 0 Å². The van der Waals surface area contributed by atoms with Crippen molar-refractivity contribution in [3.05, 3.63) is 34.5 Å². The number of aryl methyl sites for hydroxylation is 1. The maximum atomic E-state index is 16.8. The molecule has 0 bridgehead atoms. The Morgan fingerprint density at radius 3 is 2.83 bits per heavy atom. The fourth-order valence-electron chi connectivity index (χ4n) is 6.69. The molecule has 0 radical (unpaired) electrons. The molecule has 3 aliphatic rings. The summed E-state index contributed by atoms with van der Waals surface area (Å²) in [6.07, 6.45) is 2.43. The lowest BCUT2D eigenvalue weighted by atomic mass is 9.93. The Bertz CT molecular complexity index is 1690. The van der Waals surface area contributed by atoms with Gasteiger partial charge < -0.3 is 20.1 Å². The number of nitrogens with two attached hydrogens (primary N) is 1. The molecule has 3 aromatic heterocycles. The van der Waals surface area contributed by atoms with Gasteiger partial charge in [-0.05, 0) is 43.0 Å². The Morgan fingerprint density at radius 2 is 2.02 bits per heavy atom. The van der Waals surface area contributed by atoms with E-state index in [9.17, 15) is 8.78 Å². The number of ether oxygens (including phenoxy) is 2. The molecular formula is C28H29F3N6O2S. The Morgan fingerprint density at radius 1 is 1.23 bits per heavy atom. The quantitative estimate of drug-likeness (QED) is 0.354. The number of fused-ring (bicyclic) bond motifs is 5. The summed E-state index contributed by atoms with van der Waals surface area (Å²) in [4.78, 5) is 17.5. The van der Waals surface area contributed by atoms with Crippen LogP contribution in [-0.4, -0.2) is 65.4 Å². The number of pyridine rings is 1. The first-order valence-corrected chi connectivity index (χ1v) is 14.2. The minimum absolute atomic E-state index is 0.0246. The van der Waals surface area contributed by atoms with Gasteiger partial charge in [0, 0.05) is 38.0 Å². The van der Waals surface area contributed by atoms with Crippen molar-refractivity contribution in [2.45, 2.75) is 51.1 Å². The van der Waals surface area contributed by atoms with E-state index in [1.54, 1.807) is 11.8 Å². The Balaban J connectivity index is 1.42. The largest absolute Gasteiger partial charge is 0.461 e. The summed E-state index contributed by atoms with van der Waals surface area (Å²) in [7, 11) is 3.65. The van der Waals surface area contributed by atoms with Gasteiger partial charge in [0.15, 0.2) is 11.6 Å². The molecule has 0 saturated carbocycles. The molecular weight excluding hydrogens is 541 g/mol. The van der Waals surface area contributed by atoms with Crippen molar-refractivity contribution < 1.29 is 22.6 Å². The highest BCUT2D eigenvalue weighted by atomic mass is 32.1. The zero-order chi connectivity index (χ0) is 27.9. The summed E-state index contributed by atoms with van der Waals surface area (Å²) in [6.45, 7) is 3.66. The van der Waals surface area contributed by atoms with E-state index in [1.807, 2.05) is 14.1 Å². The number of anilines is 2. The first-order valence-electron chi connectivity index (χ1n) is 13.3. The van der Waals surface area contributed by atoms with Gasteiger partial charge in [0.2, 0.25) is 0 Å². The third kappa shape index (κ3) is 3.68. The zero-order valence-electron chi connectivity index (χ0n) is 22.5. The highest BCUT2D eigenvalue weighted by Crippen LogP contribution is 2.46. The summed E-state index contributed by atoms with van der Waals surface area (Å²) in [5, 5.41) is 1.47. The Labute approximate surface area is 232 Å². The third-order valence-electron chi connectivity index (χ3n) is 8.59. The van der Waals surface area contributed by atoms with Gasteiger partial charge in [-0.25, -0.2) is 13.2 Å². The maximum Gasteiger partial charge on any atom is 0.319 e. The van der Waals surface area contributed by atoms with Gasteiger partial charge in [0.05, 0.1) is 45.7 Å². The van der Waals surface area contributed by atoms with E-state index in [1.165, 1.54) is 0 Å². The number of hydrogen-bond donors (Lipinski definition) is 1. The summed E-state index contributed by atoms with van der Waals surface area (Å²) < 4.78 is 58.1. The van der Waals surface area contributed by atoms with Crippen molar-refractivity contribution in [1.29, 1.82) is 0 Å². The number of alkyl halides is 1. The van der Waals surface area contributed by atoms with E-state index >= 15 is 4.39 Å². The summed E-state index contributed by atoms with van der Waals surface area (Å²) in [6, 6.07) is 0.0246. The van der Waals surface area contributed by atoms with Crippen LogP contribution in [-0.2, 0) is 18.0 Å². The lowest BCUT2D eigenvalue weighted by Crippen LogP contribution is -2.43. The minimum Gasteiger partial charge on any atom is -0.461 e. The number of nitrogens with zero attached hydrogens (tertiary/aromatic N) is 5. The van der Waals surface area contributed by atoms with E-state index in [0.717, 1.165) is 42.5 Å². The number of hydrogen-bond acceptors (Lipinski definition) is 9. The first-order chi connectivity index (χ1) is 19.2. The van der Waals surface area contributed by atoms with Gasteiger partial charge >= 0.3 is 6.01 Å². The predicted molar refractivity (Wildman–Crippen MR) is 149 cm³/mol. The molecule has 2 atom stereocenters. The average molecular weight is 571 g/mol. The fourth-order valence-corrected chi connectivity index (χ4v) is 7.67. The lowest BCUT2D eigenvalue weighted by molar-refractivity contribution is 0.107. The number of halogens is 3. The van der Waals surface area contributed by atoms with Crippen LogP contribution in [0.3, 0.4) is 0 Å². The van der Waals surface area contributed by atoms with Crippen molar-refractivity contribution in [2.75, 3.05) is 44.4 Å². The second-order valence-electron chi connectivity index (χ2n) is 11.2. The van der Waals surface area contributed by atoms with Crippen LogP contribution in [0, 0.1) is 18.6 Å². The predicted octanol–water partition coefficient (Wildman–Crippen LogP) is 5.13. The van der Waals surface area contributed by atoms with E-state index in [0.29, 0.717) is 56.1 Å². The molecule has 2 saturated heterocycles. The van der Waals surface area contributed by atoms with E-state index < -0.39 is 23.3 Å². The third-order valence-corrected chi connectivity index (χ3v) is 9.72. The molecule has 7 rings (SSSR count). The monoisotopic (exact) mass is 570 g/mol. The number of benzene rings is 1. The SMILES string of the molecule is Cc1c(N)sc2c(F)cnc(-c3c4c(c5c(N(C)C)nc(OC[C@@]67CCCN6C[C@H](F)C7)nc5c3F)COC4)c12. The van der Waals surface area contributed by atoms with Crippen LogP contribution in [0.5, 0.6) is 6.01 Å². The average Bonchev–Trinajstić information content (AvgIpc) is 3.68. The standard InChI is InChI=1S/C28H29F3N6O2S/c1-13-18-22(33-8-17(30)24(18)40-25(13)32)19-15-10-38-11-16(15)20-23(21(19)31)34-27(35-26(20)36(2)3)39-12-28-5-4-6-37(28)9-14(29)7-28/h8,14H,4-7,9-12,32H2,1-3H3/t14-,28+/m1/s1. The van der Waals surface area contributed by atoms with Gasteiger partial charge in [-0.3, -0.25) is 9.88 Å². The maximum absolute atomic E-state index is 16.8. The van der Waals surface area contributed by atoms with Crippen LogP contribution in [0.4, 0.5) is 24.0 Å². The molecule has 2 N–H and O–H groups in total.